The van der Waals surface area contributed by atoms with Crippen LogP contribution in [0.1, 0.15) is 16.7 Å². The average molecular weight is 519 g/mol. The van der Waals surface area contributed by atoms with Gasteiger partial charge in [0.05, 0.1) is 28.6 Å². The van der Waals surface area contributed by atoms with E-state index in [1.807, 2.05) is 30.3 Å². The van der Waals surface area contributed by atoms with E-state index < -0.39 is 31.4 Å². The van der Waals surface area contributed by atoms with Gasteiger partial charge in [-0.1, -0.05) is 66.8 Å². The van der Waals surface area contributed by atoms with Gasteiger partial charge in [-0.3, -0.25) is 0 Å². The molecule has 0 spiro atoms. The smallest absolute Gasteiger partial charge is 0.329 e. The van der Waals surface area contributed by atoms with E-state index in [0.717, 1.165) is 17.7 Å². The Balaban J connectivity index is 0.000000350. The maximum Gasteiger partial charge on any atom is 0.416 e. The molecule has 6 nitrogen and oxygen atoms in total. The molecule has 0 saturated heterocycles. The van der Waals surface area contributed by atoms with E-state index in [4.69, 9.17) is 11.5 Å². The molecule has 0 fully saturated rings. The monoisotopic (exact) mass is 518 g/mol. The predicted octanol–water partition coefficient (Wildman–Crippen LogP) is 3.17. The van der Waals surface area contributed by atoms with Crippen molar-refractivity contribution in [2.24, 2.45) is 11.5 Å². The normalized spacial score (nSPS) is 12.6. The second-order valence-electron chi connectivity index (χ2n) is 7.14. The number of halogens is 3. The maximum atomic E-state index is 12.3. The third-order valence-electron chi connectivity index (χ3n) is 4.22. The Morgan fingerprint density at radius 3 is 1.47 bits per heavy atom. The predicted molar refractivity (Wildman–Crippen MR) is 131 cm³/mol. The molecule has 0 bridgehead atoms. The molecular weight excluding hydrogens is 489 g/mol. The highest BCUT2D eigenvalue weighted by atomic mass is 32.2. The molecule has 11 heteroatoms. The molecule has 0 amide bonds. The van der Waals surface area contributed by atoms with Crippen molar-refractivity contribution in [3.63, 3.8) is 0 Å². The number of rotatable bonds is 10. The molecule has 0 heterocycles. The Bertz CT molecular complexity index is 1130. The molecule has 0 atom stereocenters. The molecule has 0 aliphatic heterocycles. The SMILES string of the molecule is NCCS(=O)(=O)C/C=C/c1ccc(C(F)(F)F)cc1.NCCS(=O)(=O)C/C=C/c1ccccc1. The fourth-order valence-electron chi connectivity index (χ4n) is 2.53. The minimum atomic E-state index is -4.37. The van der Waals surface area contributed by atoms with Gasteiger partial charge in [-0.2, -0.15) is 13.2 Å². The van der Waals surface area contributed by atoms with Gasteiger partial charge >= 0.3 is 6.18 Å². The molecule has 0 unspecified atom stereocenters. The van der Waals surface area contributed by atoms with E-state index in [0.29, 0.717) is 5.56 Å². The van der Waals surface area contributed by atoms with Crippen molar-refractivity contribution >= 4 is 31.8 Å². The minimum Gasteiger partial charge on any atom is -0.329 e. The molecule has 4 N–H and O–H groups in total. The highest BCUT2D eigenvalue weighted by molar-refractivity contribution is 7.91. The summed E-state index contributed by atoms with van der Waals surface area (Å²) in [5.74, 6) is -0.180. The van der Waals surface area contributed by atoms with Crippen molar-refractivity contribution in [1.29, 1.82) is 0 Å². The summed E-state index contributed by atoms with van der Waals surface area (Å²) < 4.78 is 82.1. The highest BCUT2D eigenvalue weighted by Crippen LogP contribution is 2.29. The van der Waals surface area contributed by atoms with Crippen LogP contribution in [-0.2, 0) is 25.9 Å². The number of hydrogen-bond donors (Lipinski definition) is 2. The van der Waals surface area contributed by atoms with Crippen LogP contribution in [0.4, 0.5) is 13.2 Å². The first-order valence-corrected chi connectivity index (χ1v) is 13.9. The van der Waals surface area contributed by atoms with Crippen LogP contribution in [0.15, 0.2) is 66.7 Å². The zero-order valence-corrected chi connectivity index (χ0v) is 20.1. The quantitative estimate of drug-likeness (QED) is 0.499. The summed E-state index contributed by atoms with van der Waals surface area (Å²) in [6.45, 7) is 0.234. The summed E-state index contributed by atoms with van der Waals surface area (Å²) in [5.41, 5.74) is 11.1. The molecule has 2 rings (SSSR count). The van der Waals surface area contributed by atoms with Gasteiger partial charge in [0, 0.05) is 13.1 Å². The maximum absolute atomic E-state index is 12.3. The summed E-state index contributed by atoms with van der Waals surface area (Å²) in [7, 11) is -6.24. The number of hydrogen-bond acceptors (Lipinski definition) is 6. The Labute approximate surface area is 199 Å². The Hall–Kier alpha value is -2.47. The molecular formula is C23H29F3N2O4S2. The zero-order valence-electron chi connectivity index (χ0n) is 18.5. The minimum absolute atomic E-state index is 0.0477. The van der Waals surface area contributed by atoms with Gasteiger partial charge in [0.1, 0.15) is 0 Å². The fraction of sp³-hybridized carbons (Fsp3) is 0.304. The lowest BCUT2D eigenvalue weighted by molar-refractivity contribution is -0.137. The molecule has 0 aliphatic carbocycles. The van der Waals surface area contributed by atoms with E-state index in [1.165, 1.54) is 24.3 Å². The molecule has 0 saturated carbocycles. The van der Waals surface area contributed by atoms with Crippen molar-refractivity contribution in [2.45, 2.75) is 6.18 Å². The third kappa shape index (κ3) is 12.7. The number of benzene rings is 2. The van der Waals surface area contributed by atoms with Crippen LogP contribution in [0.5, 0.6) is 0 Å². The average Bonchev–Trinajstić information content (AvgIpc) is 2.74. The summed E-state index contributed by atoms with van der Waals surface area (Å²) in [6.07, 6.45) is 1.95. The van der Waals surface area contributed by atoms with Gasteiger partial charge in [0.15, 0.2) is 19.7 Å². The second-order valence-corrected chi connectivity index (χ2v) is 11.6. The van der Waals surface area contributed by atoms with E-state index >= 15 is 0 Å². The fourth-order valence-corrected chi connectivity index (χ4v) is 4.37. The van der Waals surface area contributed by atoms with Gasteiger partial charge < -0.3 is 11.5 Å². The summed E-state index contributed by atoms with van der Waals surface area (Å²) in [4.78, 5) is 0. The van der Waals surface area contributed by atoms with Gasteiger partial charge in [-0.05, 0) is 23.3 Å². The molecule has 0 aliphatic rings. The van der Waals surface area contributed by atoms with E-state index in [1.54, 1.807) is 12.2 Å². The van der Waals surface area contributed by atoms with Crippen LogP contribution < -0.4 is 11.5 Å². The zero-order chi connectivity index (χ0) is 25.7. The lowest BCUT2D eigenvalue weighted by Crippen LogP contribution is -2.17. The van der Waals surface area contributed by atoms with E-state index in [9.17, 15) is 30.0 Å². The van der Waals surface area contributed by atoms with Crippen molar-refractivity contribution < 1.29 is 30.0 Å². The second kappa shape index (κ2) is 14.1. The first kappa shape index (κ1) is 29.6. The molecule has 188 valence electrons. The first-order valence-electron chi connectivity index (χ1n) is 10.2. The topological polar surface area (TPSA) is 120 Å². The van der Waals surface area contributed by atoms with Crippen LogP contribution in [0.3, 0.4) is 0 Å². The van der Waals surface area contributed by atoms with Gasteiger partial charge in [0.25, 0.3) is 0 Å². The Morgan fingerprint density at radius 2 is 1.09 bits per heavy atom. The number of sulfone groups is 2. The Kier molecular flexibility index (Phi) is 12.2. The van der Waals surface area contributed by atoms with Crippen LogP contribution >= 0.6 is 0 Å². The van der Waals surface area contributed by atoms with Crippen molar-refractivity contribution in [3.8, 4) is 0 Å². The lowest BCUT2D eigenvalue weighted by Gasteiger charge is -2.05. The molecule has 34 heavy (non-hydrogen) atoms. The summed E-state index contributed by atoms with van der Waals surface area (Å²) >= 11 is 0. The molecule has 0 aromatic heterocycles. The standard InChI is InChI=1S/C12H14F3NO2S.C11H15NO2S/c13-12(14,15)11-5-3-10(4-6-11)2-1-8-19(17,18)9-7-16;12-8-10-15(13,14)9-4-7-11-5-2-1-3-6-11/h1-6H,7-9,16H2;1-7H,8-10,12H2/b2-1+;7-4+. The number of alkyl halides is 3. The van der Waals surface area contributed by atoms with E-state index in [-0.39, 0.29) is 36.1 Å². The highest BCUT2D eigenvalue weighted by Gasteiger charge is 2.29. The first-order chi connectivity index (χ1) is 15.9. The number of nitrogens with two attached hydrogens (primary N) is 2. The Morgan fingerprint density at radius 1 is 0.676 bits per heavy atom. The molecule has 2 aromatic carbocycles. The van der Waals surface area contributed by atoms with Crippen LogP contribution in [0.25, 0.3) is 12.2 Å². The summed E-state index contributed by atoms with van der Waals surface area (Å²) in [6, 6.07) is 14.1. The van der Waals surface area contributed by atoms with Gasteiger partial charge in [-0.15, -0.1) is 0 Å². The van der Waals surface area contributed by atoms with Crippen LogP contribution in [0, 0.1) is 0 Å². The van der Waals surface area contributed by atoms with E-state index in [2.05, 4.69) is 0 Å². The van der Waals surface area contributed by atoms with Crippen LogP contribution in [-0.4, -0.2) is 52.9 Å². The van der Waals surface area contributed by atoms with Crippen molar-refractivity contribution in [2.75, 3.05) is 36.1 Å². The van der Waals surface area contributed by atoms with Crippen LogP contribution in [0.2, 0.25) is 0 Å². The van der Waals surface area contributed by atoms with Crippen molar-refractivity contribution in [1.82, 2.24) is 0 Å². The lowest BCUT2D eigenvalue weighted by atomic mass is 10.1. The molecule has 0 radical (unpaired) electrons. The van der Waals surface area contributed by atoms with Crippen molar-refractivity contribution in [3.05, 3.63) is 83.4 Å². The van der Waals surface area contributed by atoms with Gasteiger partial charge in [-0.25, -0.2) is 16.8 Å². The third-order valence-corrected chi connectivity index (χ3v) is 7.33. The summed E-state index contributed by atoms with van der Waals surface area (Å²) in [5, 5.41) is 0. The largest absolute Gasteiger partial charge is 0.416 e. The molecule has 2 aromatic rings. The van der Waals surface area contributed by atoms with Gasteiger partial charge in [0.2, 0.25) is 0 Å².